The average molecular weight is 992 g/mol. The molecule has 68 heavy (non-hydrogen) atoms. The number of alkyl halides is 2. The summed E-state index contributed by atoms with van der Waals surface area (Å²) in [5.41, 5.74) is 20.1. The van der Waals surface area contributed by atoms with Gasteiger partial charge in [0, 0.05) is 22.5 Å². The van der Waals surface area contributed by atoms with Gasteiger partial charge in [0.2, 0.25) is 0 Å². The number of benzene rings is 6. The molecule has 2 aromatic heterocycles. The van der Waals surface area contributed by atoms with Crippen LogP contribution in [0, 0.1) is 83.1 Å². The van der Waals surface area contributed by atoms with Crippen molar-refractivity contribution in [2.24, 2.45) is 0 Å². The molecule has 2 heterocycles. The molecule has 0 saturated heterocycles. The van der Waals surface area contributed by atoms with Crippen LogP contribution in [0.5, 0.6) is 0 Å². The van der Waals surface area contributed by atoms with Crippen LogP contribution in [0.1, 0.15) is 88.0 Å². The maximum absolute atomic E-state index is 12.0. The predicted octanol–water partition coefficient (Wildman–Crippen LogP) is 12.7. The quantitative estimate of drug-likeness (QED) is 0.126. The second-order valence-electron chi connectivity index (χ2n) is 17.0. The summed E-state index contributed by atoms with van der Waals surface area (Å²) in [5, 5.41) is 37.6. The Morgan fingerprint density at radius 3 is 0.750 bits per heavy atom. The molecule has 11 heteroatoms. The van der Waals surface area contributed by atoms with Crippen LogP contribution in [0.15, 0.2) is 121 Å². The maximum Gasteiger partial charge on any atom is 2.00 e. The molecule has 8 aromatic rings. The summed E-state index contributed by atoms with van der Waals surface area (Å²) >= 11 is 9.53. The molecule has 0 spiro atoms. The molecule has 0 saturated carbocycles. The van der Waals surface area contributed by atoms with Gasteiger partial charge < -0.3 is 19.8 Å². The first kappa shape index (κ1) is 56.1. The molecule has 0 radical (unpaired) electrons. The Morgan fingerprint density at radius 2 is 0.618 bits per heavy atom. The number of nitrogens with one attached hydrogen (secondary N) is 2. The van der Waals surface area contributed by atoms with Crippen molar-refractivity contribution in [1.82, 2.24) is 20.4 Å². The zero-order valence-corrected chi connectivity index (χ0v) is 43.5. The van der Waals surface area contributed by atoms with Crippen molar-refractivity contribution in [3.63, 3.8) is 0 Å². The topological polar surface area (TPSA) is 138 Å². The average Bonchev–Trinajstić information content (AvgIpc) is 3.83. The summed E-state index contributed by atoms with van der Waals surface area (Å²) in [4.78, 5) is 24.0. The molecule has 354 valence electrons. The van der Waals surface area contributed by atoms with E-state index < -0.39 is 11.9 Å². The Labute approximate surface area is 422 Å². The van der Waals surface area contributed by atoms with Gasteiger partial charge in [0.1, 0.15) is 0 Å². The third-order valence-electron chi connectivity index (χ3n) is 10.3. The minimum absolute atomic E-state index is 0. The minimum atomic E-state index is -1.15. The molecule has 0 unspecified atom stereocenters. The normalized spacial score (nSPS) is 10.1. The number of H-pyrrole nitrogens is 2. The van der Waals surface area contributed by atoms with E-state index in [0.717, 1.165) is 89.5 Å². The number of carbonyl (C=O) groups excluding carboxylic acids is 2. The molecular formula is C57H60Cl2FeN4O4. The molecule has 0 atom stereocenters. The number of nitrogens with zero attached hydrogens (tertiary/aromatic N) is 2. The monoisotopic (exact) mass is 990 g/mol. The van der Waals surface area contributed by atoms with Gasteiger partial charge in [-0.25, -0.2) is 0 Å². The Hall–Kier alpha value is -6.22. The van der Waals surface area contributed by atoms with E-state index in [1.54, 1.807) is 0 Å². The molecule has 0 bridgehead atoms. The number of hydrogen-bond acceptors (Lipinski definition) is 6. The van der Waals surface area contributed by atoms with E-state index in [0.29, 0.717) is 22.3 Å². The number of aromatic nitrogens is 4. The predicted molar refractivity (Wildman–Crippen MR) is 274 cm³/mol. The van der Waals surface area contributed by atoms with Gasteiger partial charge >= 0.3 is 17.1 Å². The van der Waals surface area contributed by atoms with Gasteiger partial charge in [0.15, 0.2) is 0 Å². The minimum Gasteiger partial charge on any atom is -0.545 e. The Kier molecular flexibility index (Phi) is 21.7. The smallest absolute Gasteiger partial charge is 0.545 e. The molecule has 8 nitrogen and oxygen atoms in total. The van der Waals surface area contributed by atoms with Crippen molar-refractivity contribution in [3.05, 3.63) is 200 Å². The van der Waals surface area contributed by atoms with Crippen LogP contribution in [-0.2, 0) is 17.1 Å². The molecule has 0 aliphatic heterocycles. The Balaban J connectivity index is 0.000000265. The van der Waals surface area contributed by atoms with Crippen molar-refractivity contribution in [2.75, 3.05) is 5.34 Å². The summed E-state index contributed by atoms with van der Waals surface area (Å²) < 4.78 is 0. The van der Waals surface area contributed by atoms with Gasteiger partial charge in [0.25, 0.3) is 0 Å². The number of aromatic amines is 2. The second-order valence-corrected chi connectivity index (χ2v) is 17.8. The van der Waals surface area contributed by atoms with E-state index in [-0.39, 0.29) is 33.5 Å². The number of aromatic carboxylic acids is 2. The van der Waals surface area contributed by atoms with Crippen molar-refractivity contribution in [1.29, 1.82) is 0 Å². The summed E-state index contributed by atoms with van der Waals surface area (Å²) in [7, 11) is 0. The molecule has 6 aromatic carbocycles. The fourth-order valence-corrected chi connectivity index (χ4v) is 8.14. The van der Waals surface area contributed by atoms with E-state index in [9.17, 15) is 19.8 Å². The molecule has 0 fully saturated rings. The maximum atomic E-state index is 12.0. The van der Waals surface area contributed by atoms with Crippen LogP contribution in [0.4, 0.5) is 0 Å². The number of carboxylic acid groups (broad SMARTS) is 2. The molecule has 0 amide bonds. The molecular weight excluding hydrogens is 931 g/mol. The number of rotatable bonds is 6. The van der Waals surface area contributed by atoms with E-state index in [1.165, 1.54) is 0 Å². The zero-order valence-electron chi connectivity index (χ0n) is 40.9. The van der Waals surface area contributed by atoms with E-state index in [4.69, 9.17) is 23.2 Å². The molecule has 2 N–H and O–H groups in total. The third kappa shape index (κ3) is 16.5. The fraction of sp³-hybridized carbons (Fsp3) is 0.228. The second kappa shape index (κ2) is 26.4. The van der Waals surface area contributed by atoms with Gasteiger partial charge in [0.05, 0.1) is 28.7 Å². The fourth-order valence-electron chi connectivity index (χ4n) is 8.14. The van der Waals surface area contributed by atoms with Gasteiger partial charge in [-0.1, -0.05) is 154 Å². The van der Waals surface area contributed by atoms with Crippen molar-refractivity contribution < 1.29 is 36.9 Å². The molecule has 0 aliphatic carbocycles. The molecule has 0 aliphatic rings. The van der Waals surface area contributed by atoms with E-state index >= 15 is 0 Å². The Bertz CT molecular complexity index is 2520. The zero-order chi connectivity index (χ0) is 49.5. The summed E-state index contributed by atoms with van der Waals surface area (Å²) in [5.74, 6) is -2.30. The number of hydrogen-bond donors (Lipinski definition) is 2. The van der Waals surface area contributed by atoms with Crippen LogP contribution in [0.3, 0.4) is 0 Å². The standard InChI is InChI=1S/2C23H22O2.2C5H8N2.CH2Cl2.Fe/c2*1-14-8-15(2)11-18(10-14)20-6-5-7-21(22(20)23(24)25)19-12-16(3)9-17(4)13-19;2*1-4-3-5(2)7-6-4;2-1-3;/h2*5-13H,1-4H3,(H,24,25);2*3H,1-2H3,(H,6,7);1H2;/q;;;;;+2/p-2. The van der Waals surface area contributed by atoms with Gasteiger partial charge in [-0.05, 0) is 140 Å². The molecule has 8 rings (SSSR count). The summed E-state index contributed by atoms with van der Waals surface area (Å²) in [6.07, 6.45) is 0. The van der Waals surface area contributed by atoms with Gasteiger partial charge in [-0.3, -0.25) is 10.2 Å². The van der Waals surface area contributed by atoms with Gasteiger partial charge in [-0.15, -0.1) is 23.2 Å². The van der Waals surface area contributed by atoms with Gasteiger partial charge in [-0.2, -0.15) is 10.2 Å². The van der Waals surface area contributed by atoms with Crippen LogP contribution < -0.4 is 10.2 Å². The first-order valence-corrected chi connectivity index (χ1v) is 22.9. The first-order chi connectivity index (χ1) is 31.7. The van der Waals surface area contributed by atoms with Crippen molar-refractivity contribution >= 4 is 35.1 Å². The van der Waals surface area contributed by atoms with Crippen LogP contribution >= 0.6 is 23.2 Å². The van der Waals surface area contributed by atoms with Crippen LogP contribution in [0.25, 0.3) is 44.5 Å². The number of aryl methyl sites for hydroxylation is 12. The van der Waals surface area contributed by atoms with Crippen molar-refractivity contribution in [2.45, 2.75) is 83.1 Å². The first-order valence-electron chi connectivity index (χ1n) is 21.8. The largest absolute Gasteiger partial charge is 2.00 e. The van der Waals surface area contributed by atoms with E-state index in [1.807, 2.05) is 180 Å². The van der Waals surface area contributed by atoms with Crippen LogP contribution in [0.2, 0.25) is 0 Å². The third-order valence-corrected chi connectivity index (χ3v) is 10.3. The number of carbonyl (C=O) groups is 2. The van der Waals surface area contributed by atoms with E-state index in [2.05, 4.69) is 44.7 Å². The van der Waals surface area contributed by atoms with Crippen LogP contribution in [-0.4, -0.2) is 37.7 Å². The number of carboxylic acids is 2. The number of halogens is 2. The Morgan fingerprint density at radius 1 is 0.412 bits per heavy atom. The summed E-state index contributed by atoms with van der Waals surface area (Å²) in [6, 6.07) is 39.7. The SMILES string of the molecule is Cc1cc(C)[nH]n1.Cc1cc(C)[nH]n1.Cc1cc(C)cc(-c2cccc(-c3cc(C)cc(C)c3)c2C(=O)[O-])c1.Cc1cc(C)cc(-c2cccc(-c3cc(C)cc(C)c3)c2C(=O)[O-])c1.ClCCl.[Fe+2]. The summed E-state index contributed by atoms with van der Waals surface area (Å²) in [6.45, 7) is 24.0. The van der Waals surface area contributed by atoms with Crippen molar-refractivity contribution in [3.8, 4) is 44.5 Å².